The number of rotatable bonds is 6. The monoisotopic (exact) mass is 287 g/mol. The Morgan fingerprint density at radius 2 is 1.81 bits per heavy atom. The van der Waals surface area contributed by atoms with Crippen molar-refractivity contribution in [1.82, 2.24) is 0 Å². The lowest BCUT2D eigenvalue weighted by atomic mass is 10.1. The minimum Gasteiger partial charge on any atom is -0.490 e. The van der Waals surface area contributed by atoms with Crippen LogP contribution < -0.4 is 9.47 Å². The number of hydrogen-bond donors (Lipinski definition) is 0. The molecule has 21 heavy (non-hydrogen) atoms. The van der Waals surface area contributed by atoms with Gasteiger partial charge in [0.15, 0.2) is 0 Å². The molecular formula is C16H17NO4. The maximum Gasteiger partial charge on any atom is 0.273 e. The lowest BCUT2D eigenvalue weighted by molar-refractivity contribution is -0.384. The third-order valence-corrected chi connectivity index (χ3v) is 2.98. The fourth-order valence-corrected chi connectivity index (χ4v) is 1.86. The van der Waals surface area contributed by atoms with Crippen LogP contribution in [-0.4, -0.2) is 18.1 Å². The standard InChI is InChI=1S/C16H17NO4/c1-12-6-7-13(2)16(10-12)21-9-8-20-15-5-3-4-14(11-15)17(18)19/h3-7,10-11H,8-9H2,1-2H3. The van der Waals surface area contributed by atoms with Crippen LogP contribution in [0.5, 0.6) is 11.5 Å². The SMILES string of the molecule is Cc1ccc(C)c(OCCOc2cccc([N+](=O)[O-])c2)c1. The van der Waals surface area contributed by atoms with Gasteiger partial charge in [-0.15, -0.1) is 0 Å². The van der Waals surface area contributed by atoms with Gasteiger partial charge in [0.1, 0.15) is 24.7 Å². The molecular weight excluding hydrogens is 270 g/mol. The number of aryl methyl sites for hydroxylation is 2. The molecule has 0 spiro atoms. The molecule has 0 N–H and O–H groups in total. The van der Waals surface area contributed by atoms with E-state index in [1.54, 1.807) is 12.1 Å². The lowest BCUT2D eigenvalue weighted by Crippen LogP contribution is -2.09. The Labute approximate surface area is 123 Å². The minimum absolute atomic E-state index is 0.0166. The van der Waals surface area contributed by atoms with Gasteiger partial charge in [0.25, 0.3) is 5.69 Å². The van der Waals surface area contributed by atoms with E-state index in [-0.39, 0.29) is 5.69 Å². The van der Waals surface area contributed by atoms with Crippen LogP contribution in [0.25, 0.3) is 0 Å². The molecule has 2 aromatic carbocycles. The van der Waals surface area contributed by atoms with E-state index in [0.717, 1.165) is 16.9 Å². The summed E-state index contributed by atoms with van der Waals surface area (Å²) in [5, 5.41) is 10.7. The van der Waals surface area contributed by atoms with Crippen LogP contribution in [0.1, 0.15) is 11.1 Å². The smallest absolute Gasteiger partial charge is 0.273 e. The fraction of sp³-hybridized carbons (Fsp3) is 0.250. The van der Waals surface area contributed by atoms with E-state index in [0.29, 0.717) is 19.0 Å². The second-order valence-corrected chi connectivity index (χ2v) is 4.72. The summed E-state index contributed by atoms with van der Waals surface area (Å²) in [7, 11) is 0. The number of nitro groups is 1. The molecule has 0 aromatic heterocycles. The highest BCUT2D eigenvalue weighted by Crippen LogP contribution is 2.20. The fourth-order valence-electron chi connectivity index (χ4n) is 1.86. The topological polar surface area (TPSA) is 61.6 Å². The number of nitro benzene ring substituents is 1. The Morgan fingerprint density at radius 1 is 1.05 bits per heavy atom. The zero-order chi connectivity index (χ0) is 15.2. The first-order valence-electron chi connectivity index (χ1n) is 6.63. The van der Waals surface area contributed by atoms with Gasteiger partial charge in [0.2, 0.25) is 0 Å². The van der Waals surface area contributed by atoms with Gasteiger partial charge in [-0.3, -0.25) is 10.1 Å². The molecule has 0 saturated heterocycles. The normalized spacial score (nSPS) is 10.2. The molecule has 0 aliphatic carbocycles. The van der Waals surface area contributed by atoms with E-state index in [1.165, 1.54) is 12.1 Å². The molecule has 5 heteroatoms. The van der Waals surface area contributed by atoms with E-state index in [9.17, 15) is 10.1 Å². The van der Waals surface area contributed by atoms with Crippen molar-refractivity contribution >= 4 is 5.69 Å². The van der Waals surface area contributed by atoms with Gasteiger partial charge in [-0.2, -0.15) is 0 Å². The molecule has 0 bridgehead atoms. The summed E-state index contributed by atoms with van der Waals surface area (Å²) in [6, 6.07) is 12.1. The molecule has 2 aromatic rings. The number of nitrogens with zero attached hydrogens (tertiary/aromatic N) is 1. The van der Waals surface area contributed by atoms with Crippen molar-refractivity contribution in [1.29, 1.82) is 0 Å². The predicted octanol–water partition coefficient (Wildman–Crippen LogP) is 3.67. The lowest BCUT2D eigenvalue weighted by Gasteiger charge is -2.11. The van der Waals surface area contributed by atoms with E-state index in [2.05, 4.69) is 0 Å². The van der Waals surface area contributed by atoms with Crippen molar-refractivity contribution in [3.63, 3.8) is 0 Å². The molecule has 0 fully saturated rings. The van der Waals surface area contributed by atoms with Crippen molar-refractivity contribution in [2.75, 3.05) is 13.2 Å². The average Bonchev–Trinajstić information content (AvgIpc) is 2.47. The van der Waals surface area contributed by atoms with Crippen LogP contribution in [-0.2, 0) is 0 Å². The van der Waals surface area contributed by atoms with E-state index >= 15 is 0 Å². The van der Waals surface area contributed by atoms with Crippen molar-refractivity contribution in [3.8, 4) is 11.5 Å². The number of benzene rings is 2. The number of hydrogen-bond acceptors (Lipinski definition) is 4. The van der Waals surface area contributed by atoms with Gasteiger partial charge >= 0.3 is 0 Å². The number of ether oxygens (including phenoxy) is 2. The van der Waals surface area contributed by atoms with Crippen LogP contribution >= 0.6 is 0 Å². The summed E-state index contributed by atoms with van der Waals surface area (Å²) in [5.74, 6) is 1.30. The molecule has 0 unspecified atom stereocenters. The number of non-ortho nitro benzene ring substituents is 1. The van der Waals surface area contributed by atoms with E-state index in [1.807, 2.05) is 32.0 Å². The van der Waals surface area contributed by atoms with Crippen LogP contribution in [0.4, 0.5) is 5.69 Å². The molecule has 0 saturated carbocycles. The molecule has 110 valence electrons. The van der Waals surface area contributed by atoms with E-state index in [4.69, 9.17) is 9.47 Å². The molecule has 5 nitrogen and oxygen atoms in total. The first kappa shape index (κ1) is 14.8. The molecule has 0 heterocycles. The van der Waals surface area contributed by atoms with Gasteiger partial charge in [0, 0.05) is 6.07 Å². The first-order chi connectivity index (χ1) is 10.1. The molecule has 0 radical (unpaired) electrons. The summed E-state index contributed by atoms with van der Waals surface area (Å²) >= 11 is 0. The van der Waals surface area contributed by atoms with Crippen LogP contribution in [0.15, 0.2) is 42.5 Å². The summed E-state index contributed by atoms with van der Waals surface area (Å²) in [6.45, 7) is 4.70. The third-order valence-electron chi connectivity index (χ3n) is 2.98. The van der Waals surface area contributed by atoms with Gasteiger partial charge in [0.05, 0.1) is 11.0 Å². The summed E-state index contributed by atoms with van der Waals surface area (Å²) < 4.78 is 11.1. The zero-order valence-corrected chi connectivity index (χ0v) is 12.0. The Bertz CT molecular complexity index is 640. The summed E-state index contributed by atoms with van der Waals surface area (Å²) in [5.41, 5.74) is 2.22. The molecule has 0 amide bonds. The van der Waals surface area contributed by atoms with Gasteiger partial charge in [-0.1, -0.05) is 18.2 Å². The molecule has 0 aliphatic rings. The Morgan fingerprint density at radius 3 is 2.57 bits per heavy atom. The Balaban J connectivity index is 1.86. The predicted molar refractivity (Wildman–Crippen MR) is 80.0 cm³/mol. The van der Waals surface area contributed by atoms with Crippen LogP contribution in [0.3, 0.4) is 0 Å². The van der Waals surface area contributed by atoms with Gasteiger partial charge < -0.3 is 9.47 Å². The van der Waals surface area contributed by atoms with Crippen molar-refractivity contribution in [3.05, 3.63) is 63.7 Å². The van der Waals surface area contributed by atoms with Crippen LogP contribution in [0.2, 0.25) is 0 Å². The second-order valence-electron chi connectivity index (χ2n) is 4.72. The molecule has 0 aliphatic heterocycles. The highest BCUT2D eigenvalue weighted by atomic mass is 16.6. The maximum atomic E-state index is 10.7. The maximum absolute atomic E-state index is 10.7. The van der Waals surface area contributed by atoms with Gasteiger partial charge in [-0.05, 0) is 37.1 Å². The van der Waals surface area contributed by atoms with Crippen molar-refractivity contribution in [2.24, 2.45) is 0 Å². The van der Waals surface area contributed by atoms with Gasteiger partial charge in [-0.25, -0.2) is 0 Å². The quantitative estimate of drug-likeness (QED) is 0.462. The first-order valence-corrected chi connectivity index (χ1v) is 6.63. The third kappa shape index (κ3) is 4.21. The highest BCUT2D eigenvalue weighted by molar-refractivity contribution is 5.38. The zero-order valence-electron chi connectivity index (χ0n) is 12.0. The highest BCUT2D eigenvalue weighted by Gasteiger charge is 2.06. The minimum atomic E-state index is -0.445. The van der Waals surface area contributed by atoms with Crippen molar-refractivity contribution < 1.29 is 14.4 Å². The molecule has 0 atom stereocenters. The summed E-state index contributed by atoms with van der Waals surface area (Å²) in [6.07, 6.45) is 0. The van der Waals surface area contributed by atoms with E-state index < -0.39 is 4.92 Å². The average molecular weight is 287 g/mol. The van der Waals surface area contributed by atoms with Crippen molar-refractivity contribution in [2.45, 2.75) is 13.8 Å². The Kier molecular flexibility index (Phi) is 4.77. The Hall–Kier alpha value is -2.56. The molecule has 2 rings (SSSR count). The second kappa shape index (κ2) is 6.74. The largest absolute Gasteiger partial charge is 0.490 e. The summed E-state index contributed by atoms with van der Waals surface area (Å²) in [4.78, 5) is 10.2. The van der Waals surface area contributed by atoms with Crippen LogP contribution in [0, 0.1) is 24.0 Å².